The van der Waals surface area contributed by atoms with Crippen LogP contribution in [0.3, 0.4) is 0 Å². The molecule has 0 fully saturated rings. The Hall–Kier alpha value is -3.43. The summed E-state index contributed by atoms with van der Waals surface area (Å²) in [6, 6.07) is 0. The molecule has 3 rings (SSSR count). The Morgan fingerprint density at radius 3 is 2.37 bits per heavy atom. The molecule has 0 radical (unpaired) electrons. The van der Waals surface area contributed by atoms with Crippen LogP contribution in [-0.2, 0) is 18.0 Å². The molecule has 162 valence electrons. The summed E-state index contributed by atoms with van der Waals surface area (Å²) in [4.78, 5) is 25.1. The van der Waals surface area contributed by atoms with Crippen LogP contribution >= 0.6 is 11.3 Å². The second-order valence-corrected chi connectivity index (χ2v) is 6.20. The fourth-order valence-electron chi connectivity index (χ4n) is 1.85. The van der Waals surface area contributed by atoms with E-state index in [1.54, 1.807) is 6.20 Å². The number of rotatable bonds is 3. The number of halogens is 6. The van der Waals surface area contributed by atoms with Crippen LogP contribution in [0.5, 0.6) is 0 Å². The van der Waals surface area contributed by atoms with Crippen molar-refractivity contribution in [3.05, 3.63) is 35.4 Å². The van der Waals surface area contributed by atoms with Crippen LogP contribution in [0.4, 0.5) is 32.0 Å². The summed E-state index contributed by atoms with van der Waals surface area (Å²) in [5.74, 6) is -3.50. The van der Waals surface area contributed by atoms with E-state index in [0.29, 0.717) is 10.6 Å². The van der Waals surface area contributed by atoms with E-state index >= 15 is 0 Å². The Kier molecular flexibility index (Phi) is 6.49. The van der Waals surface area contributed by atoms with Gasteiger partial charge in [-0.25, -0.2) is 9.78 Å². The van der Waals surface area contributed by atoms with Gasteiger partial charge in [-0.1, -0.05) is 0 Å². The van der Waals surface area contributed by atoms with Gasteiger partial charge < -0.3 is 10.4 Å². The fraction of sp³-hybridized carbons (Fsp3) is 0.214. The first-order chi connectivity index (χ1) is 13.8. The zero-order valence-corrected chi connectivity index (χ0v) is 15.4. The van der Waals surface area contributed by atoms with Gasteiger partial charge >= 0.3 is 18.3 Å². The lowest BCUT2D eigenvalue weighted by atomic mass is 10.3. The number of carboxylic acids is 1. The number of aromatic nitrogens is 5. The number of aliphatic carboxylic acids is 1. The van der Waals surface area contributed by atoms with Crippen molar-refractivity contribution < 1.29 is 41.0 Å². The van der Waals surface area contributed by atoms with E-state index in [-0.39, 0.29) is 5.69 Å². The maximum atomic E-state index is 12.9. The molecular weight excluding hydrogens is 446 g/mol. The van der Waals surface area contributed by atoms with Crippen molar-refractivity contribution >= 4 is 28.9 Å². The van der Waals surface area contributed by atoms with Crippen molar-refractivity contribution in [1.29, 1.82) is 0 Å². The third-order valence-corrected chi connectivity index (χ3v) is 3.96. The number of H-pyrrole nitrogens is 1. The molecule has 0 aliphatic heterocycles. The van der Waals surface area contributed by atoms with E-state index in [2.05, 4.69) is 25.6 Å². The van der Waals surface area contributed by atoms with Crippen LogP contribution in [-0.4, -0.2) is 48.1 Å². The lowest BCUT2D eigenvalue weighted by Crippen LogP contribution is -2.21. The van der Waals surface area contributed by atoms with Gasteiger partial charge in [-0.3, -0.25) is 14.6 Å². The lowest BCUT2D eigenvalue weighted by molar-refractivity contribution is -0.192. The number of hydrogen-bond donors (Lipinski definition) is 3. The minimum Gasteiger partial charge on any atom is -0.475 e. The molecule has 0 spiro atoms. The molecule has 0 unspecified atom stereocenters. The van der Waals surface area contributed by atoms with Gasteiger partial charge in [-0.05, 0) is 0 Å². The minimum atomic E-state index is -5.08. The number of amides is 1. The van der Waals surface area contributed by atoms with E-state index in [1.165, 1.54) is 30.0 Å². The standard InChI is InChI=1S/C12H9F3N6OS.C2HF3O2/c1-21-4-7(9(20-21)12(13,14)15)18-10(22)8-5-23-11(19-8)6-2-16-17-3-6;3-2(4,5)1(6)7/h2-5H,1H3,(H,16,17)(H,18,22);(H,6,7). The smallest absolute Gasteiger partial charge is 0.475 e. The Balaban J connectivity index is 0.000000396. The molecule has 0 atom stereocenters. The van der Waals surface area contributed by atoms with Crippen molar-refractivity contribution in [2.24, 2.45) is 7.05 Å². The van der Waals surface area contributed by atoms with Crippen molar-refractivity contribution in [2.75, 3.05) is 5.32 Å². The molecule has 0 saturated carbocycles. The summed E-state index contributed by atoms with van der Waals surface area (Å²) < 4.78 is 71.3. The third-order valence-electron chi connectivity index (χ3n) is 3.07. The van der Waals surface area contributed by atoms with Gasteiger partial charge in [0.25, 0.3) is 5.91 Å². The first kappa shape index (κ1) is 22.9. The van der Waals surface area contributed by atoms with Gasteiger partial charge in [0.15, 0.2) is 5.69 Å². The molecular formula is C14H10F6N6O3S. The number of hydrogen-bond acceptors (Lipinski definition) is 6. The third kappa shape index (κ3) is 5.79. The summed E-state index contributed by atoms with van der Waals surface area (Å²) in [7, 11) is 1.34. The van der Waals surface area contributed by atoms with Gasteiger partial charge in [0.05, 0.1) is 11.9 Å². The number of nitrogens with zero attached hydrogens (tertiary/aromatic N) is 4. The molecule has 9 nitrogen and oxygen atoms in total. The summed E-state index contributed by atoms with van der Waals surface area (Å²) in [6.07, 6.45) is -5.52. The van der Waals surface area contributed by atoms with Crippen molar-refractivity contribution in [3.63, 3.8) is 0 Å². The van der Waals surface area contributed by atoms with E-state index in [9.17, 15) is 31.1 Å². The van der Waals surface area contributed by atoms with Gasteiger partial charge in [0.1, 0.15) is 10.7 Å². The minimum absolute atomic E-state index is 0.0168. The normalized spacial score (nSPS) is 11.6. The lowest BCUT2D eigenvalue weighted by Gasteiger charge is -2.06. The maximum Gasteiger partial charge on any atom is 0.490 e. The molecule has 0 bridgehead atoms. The van der Waals surface area contributed by atoms with Crippen LogP contribution < -0.4 is 5.32 Å². The molecule has 0 aliphatic rings. The number of nitrogens with one attached hydrogen (secondary N) is 2. The fourth-order valence-corrected chi connectivity index (χ4v) is 2.64. The van der Waals surface area contributed by atoms with E-state index < -0.39 is 35.6 Å². The first-order valence-electron chi connectivity index (χ1n) is 7.46. The van der Waals surface area contributed by atoms with E-state index in [1.807, 2.05) is 0 Å². The number of aromatic amines is 1. The van der Waals surface area contributed by atoms with Gasteiger partial charge in [0.2, 0.25) is 0 Å². The van der Waals surface area contributed by atoms with Crippen molar-refractivity contribution in [2.45, 2.75) is 12.4 Å². The number of carboxylic acid groups (broad SMARTS) is 1. The Labute approximate surface area is 166 Å². The number of aryl methyl sites for hydroxylation is 1. The molecule has 3 heterocycles. The summed E-state index contributed by atoms with van der Waals surface area (Å²) in [6.45, 7) is 0. The van der Waals surface area contributed by atoms with Crippen LogP contribution in [0.1, 0.15) is 16.2 Å². The molecule has 0 aromatic carbocycles. The Bertz CT molecular complexity index is 1020. The van der Waals surface area contributed by atoms with Crippen LogP contribution in [0.25, 0.3) is 10.6 Å². The summed E-state index contributed by atoms with van der Waals surface area (Å²) >= 11 is 1.19. The zero-order valence-electron chi connectivity index (χ0n) is 14.5. The SMILES string of the molecule is Cn1cc(NC(=O)c2csc(-c3cn[nH]c3)n2)c(C(F)(F)F)n1.O=C(O)C(F)(F)F. The number of alkyl halides is 6. The monoisotopic (exact) mass is 456 g/mol. The number of thiazole rings is 1. The zero-order chi connectivity index (χ0) is 22.7. The molecule has 3 N–H and O–H groups in total. The molecule has 0 aliphatic carbocycles. The Morgan fingerprint density at radius 2 is 1.87 bits per heavy atom. The molecule has 16 heteroatoms. The molecule has 3 aromatic rings. The van der Waals surface area contributed by atoms with Crippen LogP contribution in [0.2, 0.25) is 0 Å². The van der Waals surface area contributed by atoms with Gasteiger partial charge in [-0.2, -0.15) is 36.5 Å². The molecule has 30 heavy (non-hydrogen) atoms. The summed E-state index contributed by atoms with van der Waals surface area (Å²) in [5.41, 5.74) is -0.865. The maximum absolute atomic E-state index is 12.9. The van der Waals surface area contributed by atoms with Crippen LogP contribution in [0.15, 0.2) is 24.0 Å². The number of carbonyl (C=O) groups excluding carboxylic acids is 1. The topological polar surface area (TPSA) is 126 Å². The molecule has 3 aromatic heterocycles. The highest BCUT2D eigenvalue weighted by atomic mass is 32.1. The van der Waals surface area contributed by atoms with Crippen LogP contribution in [0, 0.1) is 0 Å². The number of anilines is 1. The largest absolute Gasteiger partial charge is 0.490 e. The quantitative estimate of drug-likeness (QED) is 0.520. The van der Waals surface area contributed by atoms with Gasteiger partial charge in [0, 0.05) is 30.4 Å². The van der Waals surface area contributed by atoms with E-state index in [4.69, 9.17) is 9.90 Å². The second kappa shape index (κ2) is 8.52. The first-order valence-corrected chi connectivity index (χ1v) is 8.34. The predicted octanol–water partition coefficient (Wildman–Crippen LogP) is 3.17. The highest BCUT2D eigenvalue weighted by Crippen LogP contribution is 2.33. The Morgan fingerprint density at radius 1 is 1.23 bits per heavy atom. The highest BCUT2D eigenvalue weighted by Gasteiger charge is 2.38. The average molecular weight is 456 g/mol. The van der Waals surface area contributed by atoms with Crippen molar-refractivity contribution in [3.8, 4) is 10.6 Å². The van der Waals surface area contributed by atoms with Crippen molar-refractivity contribution in [1.82, 2.24) is 25.0 Å². The summed E-state index contributed by atoms with van der Waals surface area (Å²) in [5, 5.41) is 21.0. The highest BCUT2D eigenvalue weighted by molar-refractivity contribution is 7.13. The molecule has 1 amide bonds. The van der Waals surface area contributed by atoms with E-state index in [0.717, 1.165) is 10.9 Å². The van der Waals surface area contributed by atoms with Gasteiger partial charge in [-0.15, -0.1) is 11.3 Å². The number of carbonyl (C=O) groups is 2. The predicted molar refractivity (Wildman–Crippen MR) is 89.5 cm³/mol. The average Bonchev–Trinajstić information content (AvgIpc) is 3.33. The second-order valence-electron chi connectivity index (χ2n) is 5.34. The molecule has 0 saturated heterocycles.